The van der Waals surface area contributed by atoms with Crippen molar-refractivity contribution in [3.05, 3.63) is 57.1 Å². The van der Waals surface area contributed by atoms with Gasteiger partial charge in [0.15, 0.2) is 5.76 Å². The van der Waals surface area contributed by atoms with Crippen LogP contribution >= 0.6 is 22.6 Å². The van der Waals surface area contributed by atoms with Crippen LogP contribution in [0.2, 0.25) is 0 Å². The van der Waals surface area contributed by atoms with E-state index in [9.17, 15) is 4.79 Å². The van der Waals surface area contributed by atoms with Gasteiger partial charge in [-0.05, 0) is 46.9 Å². The Morgan fingerprint density at radius 3 is 2.75 bits per heavy atom. The maximum absolute atomic E-state index is 12.0. The topological polar surface area (TPSA) is 30.2 Å². The SMILES string of the molecule is CCc1ccc(C(=O)c2cccc(I)c2)o1. The quantitative estimate of drug-likeness (QED) is 0.636. The molecule has 1 aromatic carbocycles. The summed E-state index contributed by atoms with van der Waals surface area (Å²) in [5.41, 5.74) is 0.670. The number of hydrogen-bond donors (Lipinski definition) is 0. The summed E-state index contributed by atoms with van der Waals surface area (Å²) in [6.07, 6.45) is 0.805. The summed E-state index contributed by atoms with van der Waals surface area (Å²) in [4.78, 5) is 12.0. The second-order valence-electron chi connectivity index (χ2n) is 3.46. The molecule has 0 N–H and O–H groups in total. The van der Waals surface area contributed by atoms with Gasteiger partial charge < -0.3 is 4.42 Å². The highest BCUT2D eigenvalue weighted by atomic mass is 127. The molecule has 2 nitrogen and oxygen atoms in total. The van der Waals surface area contributed by atoms with Crippen LogP contribution in [0, 0.1) is 3.57 Å². The number of aryl methyl sites for hydroxylation is 1. The Kier molecular flexibility index (Phi) is 3.43. The summed E-state index contributed by atoms with van der Waals surface area (Å²) < 4.78 is 6.48. The van der Waals surface area contributed by atoms with Crippen molar-refractivity contribution in [2.45, 2.75) is 13.3 Å². The summed E-state index contributed by atoms with van der Waals surface area (Å²) in [6, 6.07) is 11.1. The lowest BCUT2D eigenvalue weighted by Crippen LogP contribution is -1.99. The van der Waals surface area contributed by atoms with Gasteiger partial charge in [-0.3, -0.25) is 4.79 Å². The van der Waals surface area contributed by atoms with E-state index >= 15 is 0 Å². The van der Waals surface area contributed by atoms with Crippen LogP contribution in [0.15, 0.2) is 40.8 Å². The molecule has 16 heavy (non-hydrogen) atoms. The molecular formula is C13H11IO2. The van der Waals surface area contributed by atoms with Gasteiger partial charge in [-0.15, -0.1) is 0 Å². The summed E-state index contributed by atoms with van der Waals surface area (Å²) >= 11 is 2.19. The van der Waals surface area contributed by atoms with Gasteiger partial charge in [0, 0.05) is 15.6 Å². The Morgan fingerprint density at radius 1 is 1.31 bits per heavy atom. The molecule has 0 unspecified atom stereocenters. The first-order valence-corrected chi connectivity index (χ1v) is 6.17. The first-order chi connectivity index (χ1) is 7.70. The number of hydrogen-bond acceptors (Lipinski definition) is 2. The zero-order chi connectivity index (χ0) is 11.5. The predicted molar refractivity (Wildman–Crippen MR) is 70.7 cm³/mol. The standard InChI is InChI=1S/C13H11IO2/c1-2-11-6-7-12(16-11)13(15)9-4-3-5-10(14)8-9/h3-8H,2H2,1H3. The number of ketones is 1. The first-order valence-electron chi connectivity index (χ1n) is 5.09. The largest absolute Gasteiger partial charge is 0.458 e. The van der Waals surface area contributed by atoms with Gasteiger partial charge in [0.05, 0.1) is 0 Å². The predicted octanol–water partition coefficient (Wildman–Crippen LogP) is 3.68. The third kappa shape index (κ3) is 2.35. The average molecular weight is 326 g/mol. The van der Waals surface area contributed by atoms with Crippen LogP contribution < -0.4 is 0 Å². The van der Waals surface area contributed by atoms with Crippen LogP contribution in [0.5, 0.6) is 0 Å². The van der Waals surface area contributed by atoms with Gasteiger partial charge in [0.1, 0.15) is 5.76 Å². The third-order valence-electron chi connectivity index (χ3n) is 2.32. The number of benzene rings is 1. The first kappa shape index (κ1) is 11.4. The second kappa shape index (κ2) is 4.82. The zero-order valence-electron chi connectivity index (χ0n) is 8.87. The fourth-order valence-electron chi connectivity index (χ4n) is 1.46. The Labute approximate surface area is 108 Å². The van der Waals surface area contributed by atoms with Gasteiger partial charge in [-0.1, -0.05) is 19.1 Å². The highest BCUT2D eigenvalue weighted by Crippen LogP contribution is 2.15. The lowest BCUT2D eigenvalue weighted by molar-refractivity contribution is 0.101. The maximum atomic E-state index is 12.0. The number of furan rings is 1. The van der Waals surface area contributed by atoms with Crippen molar-refractivity contribution in [2.24, 2.45) is 0 Å². The van der Waals surface area contributed by atoms with E-state index in [-0.39, 0.29) is 5.78 Å². The van der Waals surface area contributed by atoms with E-state index in [4.69, 9.17) is 4.42 Å². The minimum absolute atomic E-state index is 0.0572. The fourth-order valence-corrected chi connectivity index (χ4v) is 2.01. The van der Waals surface area contributed by atoms with E-state index in [1.54, 1.807) is 12.1 Å². The van der Waals surface area contributed by atoms with Crippen LogP contribution in [-0.2, 0) is 6.42 Å². The minimum atomic E-state index is -0.0572. The highest BCUT2D eigenvalue weighted by molar-refractivity contribution is 14.1. The molecule has 0 amide bonds. The van der Waals surface area contributed by atoms with Crippen LogP contribution in [-0.4, -0.2) is 5.78 Å². The lowest BCUT2D eigenvalue weighted by atomic mass is 10.1. The monoisotopic (exact) mass is 326 g/mol. The Hall–Kier alpha value is -1.10. The molecular weight excluding hydrogens is 315 g/mol. The number of rotatable bonds is 3. The molecule has 0 radical (unpaired) electrons. The molecule has 1 aromatic heterocycles. The maximum Gasteiger partial charge on any atom is 0.228 e. The number of carbonyl (C=O) groups excluding carboxylic acids is 1. The Balaban J connectivity index is 2.31. The van der Waals surface area contributed by atoms with Gasteiger partial charge in [0.2, 0.25) is 5.78 Å². The summed E-state index contributed by atoms with van der Waals surface area (Å²) in [5.74, 6) is 1.20. The third-order valence-corrected chi connectivity index (χ3v) is 2.99. The van der Waals surface area contributed by atoms with Crippen molar-refractivity contribution in [3.8, 4) is 0 Å². The molecule has 0 fully saturated rings. The van der Waals surface area contributed by atoms with Gasteiger partial charge in [-0.2, -0.15) is 0 Å². The Bertz CT molecular complexity index is 514. The molecule has 3 heteroatoms. The number of halogens is 1. The van der Waals surface area contributed by atoms with Gasteiger partial charge >= 0.3 is 0 Å². The van der Waals surface area contributed by atoms with Crippen molar-refractivity contribution >= 4 is 28.4 Å². The van der Waals surface area contributed by atoms with Crippen molar-refractivity contribution in [2.75, 3.05) is 0 Å². The van der Waals surface area contributed by atoms with Crippen molar-refractivity contribution in [3.63, 3.8) is 0 Å². The molecule has 0 saturated carbocycles. The van der Waals surface area contributed by atoms with E-state index in [1.807, 2.05) is 31.2 Å². The van der Waals surface area contributed by atoms with Crippen LogP contribution in [0.25, 0.3) is 0 Å². The Morgan fingerprint density at radius 2 is 2.12 bits per heavy atom. The molecule has 0 atom stereocenters. The van der Waals surface area contributed by atoms with E-state index < -0.39 is 0 Å². The summed E-state index contributed by atoms with van der Waals surface area (Å²) in [6.45, 7) is 2.00. The molecule has 0 bridgehead atoms. The summed E-state index contributed by atoms with van der Waals surface area (Å²) in [5, 5.41) is 0. The van der Waals surface area contributed by atoms with Crippen molar-refractivity contribution in [1.82, 2.24) is 0 Å². The molecule has 0 spiro atoms. The van der Waals surface area contributed by atoms with E-state index in [0.717, 1.165) is 15.8 Å². The van der Waals surface area contributed by atoms with Crippen molar-refractivity contribution < 1.29 is 9.21 Å². The highest BCUT2D eigenvalue weighted by Gasteiger charge is 2.13. The molecule has 0 aliphatic rings. The van der Waals surface area contributed by atoms with Crippen LogP contribution in [0.1, 0.15) is 28.8 Å². The van der Waals surface area contributed by atoms with Gasteiger partial charge in [0.25, 0.3) is 0 Å². The molecule has 2 rings (SSSR count). The molecule has 0 aliphatic heterocycles. The molecule has 82 valence electrons. The molecule has 1 heterocycles. The van der Waals surface area contributed by atoms with Crippen LogP contribution in [0.4, 0.5) is 0 Å². The smallest absolute Gasteiger partial charge is 0.228 e. The zero-order valence-corrected chi connectivity index (χ0v) is 11.0. The summed E-state index contributed by atoms with van der Waals surface area (Å²) in [7, 11) is 0. The lowest BCUT2D eigenvalue weighted by Gasteiger charge is -1.98. The van der Waals surface area contributed by atoms with E-state index in [2.05, 4.69) is 22.6 Å². The normalized spacial score (nSPS) is 10.4. The van der Waals surface area contributed by atoms with E-state index in [1.165, 1.54) is 0 Å². The fraction of sp³-hybridized carbons (Fsp3) is 0.154. The van der Waals surface area contributed by atoms with Crippen molar-refractivity contribution in [1.29, 1.82) is 0 Å². The molecule has 2 aromatic rings. The minimum Gasteiger partial charge on any atom is -0.458 e. The molecule has 0 aliphatic carbocycles. The molecule has 0 saturated heterocycles. The second-order valence-corrected chi connectivity index (χ2v) is 4.70. The number of carbonyl (C=O) groups is 1. The van der Waals surface area contributed by atoms with Gasteiger partial charge in [-0.25, -0.2) is 0 Å². The van der Waals surface area contributed by atoms with Crippen LogP contribution in [0.3, 0.4) is 0 Å². The van der Waals surface area contributed by atoms with E-state index in [0.29, 0.717) is 11.3 Å². The average Bonchev–Trinajstić information content (AvgIpc) is 2.76.